The molecule has 0 saturated carbocycles. The highest BCUT2D eigenvalue weighted by Crippen LogP contribution is 2.31. The number of terminal acetylenes is 1. The molecule has 0 aliphatic carbocycles. The summed E-state index contributed by atoms with van der Waals surface area (Å²) in [7, 11) is 0. The number of Topliss-reactive ketones (excluding diaryl/α,β-unsaturated/α-hetero) is 1. The SMILES string of the molecule is C#C.C/C=C\C=C(/C)C(CC(=O)c1ccc(O)cc1)Sc1ccc(C)cc1.CC. The molecule has 0 heterocycles. The molecule has 2 nitrogen and oxygen atoms in total. The molecular weight excluding hydrogens is 376 g/mol. The van der Waals surface area contributed by atoms with E-state index in [1.165, 1.54) is 5.56 Å². The Balaban J connectivity index is 0.00000184. The van der Waals surface area contributed by atoms with E-state index in [0.29, 0.717) is 12.0 Å². The lowest BCUT2D eigenvalue weighted by Crippen LogP contribution is -2.12. The van der Waals surface area contributed by atoms with Crippen LogP contribution in [0.15, 0.2) is 77.2 Å². The van der Waals surface area contributed by atoms with Crippen molar-refractivity contribution in [1.82, 2.24) is 0 Å². The number of carbonyl (C=O) groups excluding carboxylic acids is 1. The summed E-state index contributed by atoms with van der Waals surface area (Å²) in [5.41, 5.74) is 3.02. The first kappa shape index (κ1) is 26.3. The van der Waals surface area contributed by atoms with E-state index in [1.807, 2.05) is 32.9 Å². The molecule has 29 heavy (non-hydrogen) atoms. The number of rotatable bonds is 7. The van der Waals surface area contributed by atoms with Gasteiger partial charge in [0, 0.05) is 22.1 Å². The van der Waals surface area contributed by atoms with Gasteiger partial charge in [0.15, 0.2) is 5.78 Å². The van der Waals surface area contributed by atoms with Crippen LogP contribution in [0, 0.1) is 19.8 Å². The predicted molar refractivity (Wildman–Crippen MR) is 128 cm³/mol. The van der Waals surface area contributed by atoms with Gasteiger partial charge in [-0.15, -0.1) is 24.6 Å². The largest absolute Gasteiger partial charge is 0.508 e. The molecule has 1 N–H and O–H groups in total. The number of aromatic hydroxyl groups is 1. The molecule has 0 saturated heterocycles. The average Bonchev–Trinajstić information content (AvgIpc) is 2.76. The van der Waals surface area contributed by atoms with E-state index in [9.17, 15) is 9.90 Å². The number of allylic oxidation sites excluding steroid dienone is 3. The Morgan fingerprint density at radius 3 is 2.14 bits per heavy atom. The van der Waals surface area contributed by atoms with E-state index in [4.69, 9.17) is 0 Å². The number of hydrogen-bond acceptors (Lipinski definition) is 3. The lowest BCUT2D eigenvalue weighted by molar-refractivity contribution is 0.0984. The van der Waals surface area contributed by atoms with E-state index in [-0.39, 0.29) is 16.8 Å². The molecule has 154 valence electrons. The van der Waals surface area contributed by atoms with Crippen molar-refractivity contribution in [3.05, 3.63) is 83.5 Å². The summed E-state index contributed by atoms with van der Waals surface area (Å²) in [6.45, 7) is 10.1. The van der Waals surface area contributed by atoms with E-state index in [0.717, 1.165) is 10.5 Å². The zero-order valence-electron chi connectivity index (χ0n) is 18.1. The third kappa shape index (κ3) is 9.87. The summed E-state index contributed by atoms with van der Waals surface area (Å²) in [5, 5.41) is 9.46. The Morgan fingerprint density at radius 2 is 1.62 bits per heavy atom. The summed E-state index contributed by atoms with van der Waals surface area (Å²) >= 11 is 1.71. The molecule has 2 rings (SSSR count). The van der Waals surface area contributed by atoms with Gasteiger partial charge in [-0.1, -0.05) is 55.3 Å². The second-order valence-corrected chi connectivity index (χ2v) is 7.31. The van der Waals surface area contributed by atoms with Crippen molar-refractivity contribution >= 4 is 17.5 Å². The van der Waals surface area contributed by atoms with E-state index in [1.54, 1.807) is 36.0 Å². The van der Waals surface area contributed by atoms with Gasteiger partial charge < -0.3 is 5.11 Å². The monoisotopic (exact) mass is 408 g/mol. The number of carbonyl (C=O) groups is 1. The minimum Gasteiger partial charge on any atom is -0.508 e. The molecular formula is C26H32O2S. The summed E-state index contributed by atoms with van der Waals surface area (Å²) in [6.07, 6.45) is 14.5. The van der Waals surface area contributed by atoms with Crippen molar-refractivity contribution in [2.24, 2.45) is 0 Å². The Hall–Kier alpha value is -2.70. The maximum absolute atomic E-state index is 12.6. The fourth-order valence-corrected chi connectivity index (χ4v) is 3.49. The van der Waals surface area contributed by atoms with E-state index < -0.39 is 0 Å². The molecule has 0 fully saturated rings. The number of phenols is 1. The van der Waals surface area contributed by atoms with Crippen molar-refractivity contribution in [1.29, 1.82) is 0 Å². The Kier molecular flexibility index (Phi) is 13.8. The average molecular weight is 409 g/mol. The fourth-order valence-electron chi connectivity index (χ4n) is 2.37. The molecule has 0 bridgehead atoms. The highest BCUT2D eigenvalue weighted by molar-refractivity contribution is 8.00. The van der Waals surface area contributed by atoms with Crippen LogP contribution in [0.25, 0.3) is 0 Å². The van der Waals surface area contributed by atoms with Gasteiger partial charge in [0.05, 0.1) is 0 Å². The van der Waals surface area contributed by atoms with Gasteiger partial charge in [-0.25, -0.2) is 0 Å². The maximum Gasteiger partial charge on any atom is 0.164 e. The van der Waals surface area contributed by atoms with Gasteiger partial charge in [-0.2, -0.15) is 0 Å². The van der Waals surface area contributed by atoms with E-state index in [2.05, 4.69) is 57.0 Å². The molecule has 2 aromatic carbocycles. The van der Waals surface area contributed by atoms with Crippen molar-refractivity contribution in [2.75, 3.05) is 0 Å². The van der Waals surface area contributed by atoms with Crippen molar-refractivity contribution in [3.63, 3.8) is 0 Å². The number of phenolic OH excluding ortho intramolecular Hbond substituents is 1. The normalized spacial score (nSPS) is 11.6. The van der Waals surface area contributed by atoms with Gasteiger partial charge >= 0.3 is 0 Å². The second-order valence-electron chi connectivity index (χ2n) is 6.03. The van der Waals surface area contributed by atoms with Crippen LogP contribution in [-0.2, 0) is 0 Å². The fraction of sp³-hybridized carbons (Fsp3) is 0.269. The van der Waals surface area contributed by atoms with Crippen LogP contribution in [0.4, 0.5) is 0 Å². The first-order valence-corrected chi connectivity index (χ1v) is 10.6. The number of aryl methyl sites for hydroxylation is 1. The molecule has 0 amide bonds. The summed E-state index contributed by atoms with van der Waals surface area (Å²) in [6, 6.07) is 14.8. The minimum absolute atomic E-state index is 0.0696. The third-order valence-corrected chi connectivity index (χ3v) is 5.29. The van der Waals surface area contributed by atoms with Crippen LogP contribution in [-0.4, -0.2) is 16.1 Å². The third-order valence-electron chi connectivity index (χ3n) is 3.92. The van der Waals surface area contributed by atoms with Crippen molar-refractivity contribution < 1.29 is 9.90 Å². The maximum atomic E-state index is 12.6. The topological polar surface area (TPSA) is 37.3 Å². The van der Waals surface area contributed by atoms with Crippen LogP contribution in [0.3, 0.4) is 0 Å². The zero-order valence-corrected chi connectivity index (χ0v) is 18.9. The summed E-state index contributed by atoms with van der Waals surface area (Å²) in [4.78, 5) is 13.8. The summed E-state index contributed by atoms with van der Waals surface area (Å²) in [5.74, 6) is 0.254. The highest BCUT2D eigenvalue weighted by Gasteiger charge is 2.18. The van der Waals surface area contributed by atoms with Gasteiger partial charge in [0.25, 0.3) is 0 Å². The van der Waals surface area contributed by atoms with Gasteiger partial charge in [-0.05, 0) is 57.2 Å². The first-order chi connectivity index (χ1) is 14.0. The van der Waals surface area contributed by atoms with Gasteiger partial charge in [-0.3, -0.25) is 4.79 Å². The van der Waals surface area contributed by atoms with Crippen LogP contribution >= 0.6 is 11.8 Å². The number of ketones is 1. The smallest absolute Gasteiger partial charge is 0.164 e. The molecule has 0 spiro atoms. The van der Waals surface area contributed by atoms with Crippen LogP contribution < -0.4 is 0 Å². The molecule has 0 aliphatic heterocycles. The van der Waals surface area contributed by atoms with E-state index >= 15 is 0 Å². The molecule has 3 heteroatoms. The highest BCUT2D eigenvalue weighted by atomic mass is 32.2. The number of benzene rings is 2. The standard InChI is InChI=1S/C22H24O2S.C2H6.C2H2/c1-4-5-6-17(3)22(25-20-13-7-16(2)8-14-20)15-21(24)18-9-11-19(23)12-10-18;2*1-2/h4-14,22-23H,15H2,1-3H3;1-2H3;1-2H/b5-4-,17-6+;;. The van der Waals surface area contributed by atoms with Gasteiger partial charge in [0.2, 0.25) is 0 Å². The van der Waals surface area contributed by atoms with Crippen LogP contribution in [0.2, 0.25) is 0 Å². The molecule has 1 atom stereocenters. The first-order valence-electron chi connectivity index (χ1n) is 9.68. The molecule has 1 unspecified atom stereocenters. The predicted octanol–water partition coefficient (Wildman–Crippen LogP) is 7.23. The lowest BCUT2D eigenvalue weighted by atomic mass is 10.0. The summed E-state index contributed by atoms with van der Waals surface area (Å²) < 4.78 is 0. The lowest BCUT2D eigenvalue weighted by Gasteiger charge is -2.17. The molecule has 0 aliphatic rings. The molecule has 2 aromatic rings. The Morgan fingerprint density at radius 1 is 1.07 bits per heavy atom. The molecule has 0 radical (unpaired) electrons. The number of thioether (sulfide) groups is 1. The number of hydrogen-bond donors (Lipinski definition) is 1. The van der Waals surface area contributed by atoms with Crippen LogP contribution in [0.5, 0.6) is 5.75 Å². The minimum atomic E-state index is 0.0696. The Bertz CT molecular complexity index is 797. The quantitative estimate of drug-likeness (QED) is 0.227. The zero-order chi connectivity index (χ0) is 22.2. The van der Waals surface area contributed by atoms with Crippen LogP contribution in [0.1, 0.15) is 50.0 Å². The van der Waals surface area contributed by atoms with Crippen molar-refractivity contribution in [3.8, 4) is 18.6 Å². The van der Waals surface area contributed by atoms with Crippen molar-refractivity contribution in [2.45, 2.75) is 51.2 Å². The van der Waals surface area contributed by atoms with Gasteiger partial charge in [0.1, 0.15) is 5.75 Å². The molecule has 0 aromatic heterocycles. The second kappa shape index (κ2) is 15.2. The Labute approximate surface area is 180 Å².